The molecule has 0 atom stereocenters. The van der Waals surface area contributed by atoms with Gasteiger partial charge in [0.2, 0.25) is 0 Å². The van der Waals surface area contributed by atoms with Gasteiger partial charge in [0.15, 0.2) is 0 Å². The molecule has 3 aromatic rings. The van der Waals surface area contributed by atoms with Gasteiger partial charge in [-0.3, -0.25) is 14.3 Å². The summed E-state index contributed by atoms with van der Waals surface area (Å²) in [5, 5.41) is 0.594. The van der Waals surface area contributed by atoms with Crippen LogP contribution in [-0.4, -0.2) is 23.3 Å². The molecule has 2 heterocycles. The van der Waals surface area contributed by atoms with Crippen LogP contribution in [0.15, 0.2) is 33.9 Å². The molecule has 6 heteroatoms. The van der Waals surface area contributed by atoms with Crippen LogP contribution in [0.5, 0.6) is 0 Å². The van der Waals surface area contributed by atoms with Crippen LogP contribution >= 0.6 is 11.3 Å². The topological polar surface area (TPSA) is 64.1 Å². The van der Waals surface area contributed by atoms with Gasteiger partial charge in [0.05, 0.1) is 18.5 Å². The van der Waals surface area contributed by atoms with Crippen molar-refractivity contribution >= 4 is 21.6 Å². The highest BCUT2D eigenvalue weighted by molar-refractivity contribution is 7.19. The molecule has 0 radical (unpaired) electrons. The monoisotopic (exact) mass is 386 g/mol. The van der Waals surface area contributed by atoms with Crippen molar-refractivity contribution in [3.63, 3.8) is 0 Å². The van der Waals surface area contributed by atoms with Gasteiger partial charge in [-0.05, 0) is 23.0 Å². The van der Waals surface area contributed by atoms with Crippen LogP contribution in [0.1, 0.15) is 38.1 Å². The Labute approximate surface area is 162 Å². The summed E-state index contributed by atoms with van der Waals surface area (Å²) in [5.74, 6) is 0. The number of ether oxygens (including phenoxy) is 1. The molecular weight excluding hydrogens is 360 g/mol. The standard InChI is InChI=1S/C21H26N2O3S/c1-6-15-16(13-7-9-14(10-8-13)21(2,3)4)17-18(27-15)22-20(25)23(19(17)24)11-12-26-5/h7-10H,6,11-12H2,1-5H3,(H,22,25). The first kappa shape index (κ1) is 19.6. The molecule has 144 valence electrons. The highest BCUT2D eigenvalue weighted by atomic mass is 32.1. The van der Waals surface area contributed by atoms with Crippen LogP contribution in [0.4, 0.5) is 0 Å². The lowest BCUT2D eigenvalue weighted by atomic mass is 9.86. The molecule has 5 nitrogen and oxygen atoms in total. The molecule has 27 heavy (non-hydrogen) atoms. The maximum atomic E-state index is 13.1. The first-order valence-electron chi connectivity index (χ1n) is 9.16. The minimum absolute atomic E-state index is 0.0704. The second kappa shape index (κ2) is 7.44. The molecule has 1 aromatic carbocycles. The van der Waals surface area contributed by atoms with Crippen LogP contribution < -0.4 is 11.2 Å². The molecule has 0 unspecified atom stereocenters. The van der Waals surface area contributed by atoms with E-state index in [1.165, 1.54) is 21.5 Å². The van der Waals surface area contributed by atoms with E-state index in [0.717, 1.165) is 22.4 Å². The minimum atomic E-state index is -0.386. The third-order valence-corrected chi connectivity index (χ3v) is 6.04. The summed E-state index contributed by atoms with van der Waals surface area (Å²) in [6.07, 6.45) is 0.801. The van der Waals surface area contributed by atoms with Gasteiger partial charge in [0, 0.05) is 17.6 Å². The smallest absolute Gasteiger partial charge is 0.329 e. The van der Waals surface area contributed by atoms with Crippen LogP contribution in [0.2, 0.25) is 0 Å². The average molecular weight is 387 g/mol. The van der Waals surface area contributed by atoms with E-state index in [4.69, 9.17) is 4.74 Å². The van der Waals surface area contributed by atoms with Gasteiger partial charge in [-0.25, -0.2) is 4.79 Å². The van der Waals surface area contributed by atoms with E-state index in [2.05, 4.69) is 56.9 Å². The zero-order valence-corrected chi connectivity index (χ0v) is 17.3. The number of rotatable bonds is 5. The molecule has 0 aliphatic carbocycles. The zero-order valence-electron chi connectivity index (χ0n) is 16.5. The number of methoxy groups -OCH3 is 1. The van der Waals surface area contributed by atoms with E-state index in [9.17, 15) is 9.59 Å². The lowest BCUT2D eigenvalue weighted by Crippen LogP contribution is -2.35. The van der Waals surface area contributed by atoms with Gasteiger partial charge in [0.25, 0.3) is 5.56 Å². The maximum absolute atomic E-state index is 13.1. The first-order chi connectivity index (χ1) is 12.8. The van der Waals surface area contributed by atoms with E-state index in [1.54, 1.807) is 7.11 Å². The highest BCUT2D eigenvalue weighted by Gasteiger charge is 2.20. The number of thiophene rings is 1. The summed E-state index contributed by atoms with van der Waals surface area (Å²) in [5.41, 5.74) is 2.62. The number of benzene rings is 1. The summed E-state index contributed by atoms with van der Waals surface area (Å²) >= 11 is 1.49. The number of nitrogens with one attached hydrogen (secondary N) is 1. The number of hydrogen-bond donors (Lipinski definition) is 1. The molecule has 3 rings (SSSR count). The van der Waals surface area contributed by atoms with Crippen molar-refractivity contribution in [2.45, 2.75) is 46.1 Å². The van der Waals surface area contributed by atoms with Gasteiger partial charge in [-0.1, -0.05) is 52.0 Å². The van der Waals surface area contributed by atoms with E-state index < -0.39 is 0 Å². The van der Waals surface area contributed by atoms with Crippen molar-refractivity contribution in [3.8, 4) is 11.1 Å². The van der Waals surface area contributed by atoms with Crippen molar-refractivity contribution in [2.24, 2.45) is 0 Å². The largest absolute Gasteiger partial charge is 0.383 e. The van der Waals surface area contributed by atoms with Crippen LogP contribution in [0.3, 0.4) is 0 Å². The second-order valence-corrected chi connectivity index (χ2v) is 8.77. The van der Waals surface area contributed by atoms with E-state index in [0.29, 0.717) is 16.8 Å². The minimum Gasteiger partial charge on any atom is -0.383 e. The lowest BCUT2D eigenvalue weighted by Gasteiger charge is -2.19. The molecule has 0 fully saturated rings. The molecule has 2 aromatic heterocycles. The van der Waals surface area contributed by atoms with Crippen LogP contribution in [0.25, 0.3) is 21.3 Å². The number of H-pyrrole nitrogens is 1. The van der Waals surface area contributed by atoms with E-state index >= 15 is 0 Å². The molecule has 0 amide bonds. The maximum Gasteiger partial charge on any atom is 0.329 e. The molecule has 1 N–H and O–H groups in total. The van der Waals surface area contributed by atoms with Gasteiger partial charge in [-0.2, -0.15) is 0 Å². The van der Waals surface area contributed by atoms with Gasteiger partial charge < -0.3 is 4.74 Å². The summed E-state index contributed by atoms with van der Waals surface area (Å²) < 4.78 is 6.27. The quantitative estimate of drug-likeness (QED) is 0.723. The van der Waals surface area contributed by atoms with Crippen molar-refractivity contribution < 1.29 is 4.74 Å². The lowest BCUT2D eigenvalue weighted by molar-refractivity contribution is 0.185. The Morgan fingerprint density at radius 1 is 1.15 bits per heavy atom. The first-order valence-corrected chi connectivity index (χ1v) is 9.98. The number of hydrogen-bond acceptors (Lipinski definition) is 4. The number of nitrogens with zero attached hydrogens (tertiary/aromatic N) is 1. The number of fused-ring (bicyclic) bond motifs is 1. The highest BCUT2D eigenvalue weighted by Crippen LogP contribution is 2.37. The molecule has 0 saturated heterocycles. The fourth-order valence-electron chi connectivity index (χ4n) is 3.24. The molecule has 0 saturated carbocycles. The Morgan fingerprint density at radius 2 is 1.81 bits per heavy atom. The van der Waals surface area contributed by atoms with Crippen molar-refractivity contribution in [2.75, 3.05) is 13.7 Å². The van der Waals surface area contributed by atoms with Crippen molar-refractivity contribution in [1.29, 1.82) is 0 Å². The predicted molar refractivity (Wildman–Crippen MR) is 112 cm³/mol. The Hall–Kier alpha value is -2.18. The molecule has 0 bridgehead atoms. The number of aromatic amines is 1. The molecule has 0 spiro atoms. The van der Waals surface area contributed by atoms with Crippen molar-refractivity contribution in [1.82, 2.24) is 9.55 Å². The van der Waals surface area contributed by atoms with Crippen LogP contribution in [0, 0.1) is 0 Å². The average Bonchev–Trinajstić information content (AvgIpc) is 2.99. The SMILES string of the molecule is CCc1sc2[nH]c(=O)n(CCOC)c(=O)c2c1-c1ccc(C(C)(C)C)cc1. The third-order valence-electron chi connectivity index (χ3n) is 4.79. The Morgan fingerprint density at radius 3 is 2.37 bits per heavy atom. The Bertz CT molecular complexity index is 1070. The van der Waals surface area contributed by atoms with Crippen molar-refractivity contribution in [3.05, 3.63) is 55.5 Å². The van der Waals surface area contributed by atoms with E-state index in [1.807, 2.05) is 0 Å². The van der Waals surface area contributed by atoms with Gasteiger partial charge >= 0.3 is 5.69 Å². The van der Waals surface area contributed by atoms with E-state index in [-0.39, 0.29) is 23.2 Å². The number of aromatic nitrogens is 2. The Kier molecular flexibility index (Phi) is 5.40. The van der Waals surface area contributed by atoms with Gasteiger partial charge in [-0.15, -0.1) is 11.3 Å². The summed E-state index contributed by atoms with van der Waals surface area (Å²) in [6, 6.07) is 8.39. The van der Waals surface area contributed by atoms with Crippen LogP contribution in [-0.2, 0) is 23.1 Å². The molecular formula is C21H26N2O3S. The summed E-state index contributed by atoms with van der Waals surface area (Å²) in [7, 11) is 1.56. The predicted octanol–water partition coefficient (Wildman–Crippen LogP) is 3.92. The molecule has 0 aliphatic heterocycles. The van der Waals surface area contributed by atoms with Gasteiger partial charge in [0.1, 0.15) is 4.83 Å². The summed E-state index contributed by atoms with van der Waals surface area (Å²) in [6.45, 7) is 9.16. The molecule has 0 aliphatic rings. The normalized spacial score (nSPS) is 12.0. The fourth-order valence-corrected chi connectivity index (χ4v) is 4.38. The number of aryl methyl sites for hydroxylation is 1. The second-order valence-electron chi connectivity index (χ2n) is 7.67. The zero-order chi connectivity index (χ0) is 19.8. The third kappa shape index (κ3) is 3.64. The fraction of sp³-hybridized carbons (Fsp3) is 0.429. The summed E-state index contributed by atoms with van der Waals surface area (Å²) in [4.78, 5) is 30.0. The Balaban J connectivity index is 2.25.